The third kappa shape index (κ3) is 4.14. The van der Waals surface area contributed by atoms with E-state index in [1.54, 1.807) is 6.07 Å². The maximum absolute atomic E-state index is 12.4. The van der Waals surface area contributed by atoms with Crippen molar-refractivity contribution in [3.8, 4) is 6.07 Å². The van der Waals surface area contributed by atoms with Crippen LogP contribution in [-0.2, 0) is 24.8 Å². The van der Waals surface area contributed by atoms with Crippen LogP contribution < -0.4 is 5.32 Å². The van der Waals surface area contributed by atoms with Gasteiger partial charge in [0.15, 0.2) is 21.0 Å². The summed E-state index contributed by atoms with van der Waals surface area (Å²) < 4.78 is 23.0. The number of rotatable bonds is 5. The van der Waals surface area contributed by atoms with Gasteiger partial charge in [0.2, 0.25) is 5.91 Å². The van der Waals surface area contributed by atoms with Crippen molar-refractivity contribution in [2.75, 3.05) is 11.5 Å². The quantitative estimate of drug-likeness (QED) is 0.810. The molecule has 2 atom stereocenters. The third-order valence-electron chi connectivity index (χ3n) is 4.20. The van der Waals surface area contributed by atoms with Gasteiger partial charge in [-0.05, 0) is 25.5 Å². The van der Waals surface area contributed by atoms with Crippen molar-refractivity contribution in [1.82, 2.24) is 5.32 Å². The molecule has 1 N–H and O–H groups in total. The molecule has 1 heterocycles. The van der Waals surface area contributed by atoms with Crippen molar-refractivity contribution < 1.29 is 18.0 Å². The van der Waals surface area contributed by atoms with Crippen molar-refractivity contribution in [2.24, 2.45) is 0 Å². The summed E-state index contributed by atoms with van der Waals surface area (Å²) in [7, 11) is -3.16. The molecule has 1 aromatic carbocycles. The standard InChI is InChI=1S/C16H16Cl2N2O4S/c1-10(21)16(9-19,15-12(17)3-2-4-13(15)18)7-14(22)20-11-5-6-25(23,24)8-11/h2-4,11H,5-8H2,1H3,(H,20,22)/t11-,16+/m1/s1. The molecule has 1 aliphatic rings. The Balaban J connectivity index is 2.32. The first kappa shape index (κ1) is 19.7. The molecule has 1 aromatic rings. The fourth-order valence-corrected chi connectivity index (χ4v) is 5.29. The monoisotopic (exact) mass is 402 g/mol. The maximum atomic E-state index is 12.4. The van der Waals surface area contributed by atoms with Crippen molar-refractivity contribution in [2.45, 2.75) is 31.2 Å². The lowest BCUT2D eigenvalue weighted by Gasteiger charge is -2.26. The van der Waals surface area contributed by atoms with Crippen LogP contribution in [0.3, 0.4) is 0 Å². The van der Waals surface area contributed by atoms with Gasteiger partial charge < -0.3 is 5.32 Å². The number of carbonyl (C=O) groups is 2. The highest BCUT2D eigenvalue weighted by molar-refractivity contribution is 7.91. The highest BCUT2D eigenvalue weighted by Gasteiger charge is 2.43. The van der Waals surface area contributed by atoms with Crippen LogP contribution in [0.2, 0.25) is 10.0 Å². The highest BCUT2D eigenvalue weighted by Crippen LogP contribution is 2.39. The lowest BCUT2D eigenvalue weighted by atomic mass is 9.75. The predicted octanol–water partition coefficient (Wildman–Crippen LogP) is 2.04. The lowest BCUT2D eigenvalue weighted by molar-refractivity contribution is -0.128. The fraction of sp³-hybridized carbons (Fsp3) is 0.438. The minimum atomic E-state index is -3.16. The van der Waals surface area contributed by atoms with Gasteiger partial charge in [-0.15, -0.1) is 0 Å². The van der Waals surface area contributed by atoms with Crippen LogP contribution in [0.5, 0.6) is 0 Å². The van der Waals surface area contributed by atoms with Gasteiger partial charge in [-0.3, -0.25) is 9.59 Å². The molecule has 0 aliphatic carbocycles. The molecule has 1 fully saturated rings. The van der Waals surface area contributed by atoms with Crippen molar-refractivity contribution in [3.05, 3.63) is 33.8 Å². The summed E-state index contributed by atoms with van der Waals surface area (Å²) in [5, 5.41) is 12.5. The van der Waals surface area contributed by atoms with Gasteiger partial charge in [0.1, 0.15) is 0 Å². The number of nitriles is 1. The number of sulfone groups is 1. The zero-order valence-electron chi connectivity index (χ0n) is 13.4. The molecule has 134 valence electrons. The molecular weight excluding hydrogens is 387 g/mol. The topological polar surface area (TPSA) is 104 Å². The number of carbonyl (C=O) groups excluding carboxylic acids is 2. The Morgan fingerprint density at radius 2 is 1.96 bits per heavy atom. The number of amides is 1. The summed E-state index contributed by atoms with van der Waals surface area (Å²) in [6.45, 7) is 1.19. The fourth-order valence-electron chi connectivity index (χ4n) is 2.90. The van der Waals surface area contributed by atoms with E-state index in [9.17, 15) is 23.3 Å². The largest absolute Gasteiger partial charge is 0.352 e. The first-order valence-corrected chi connectivity index (χ1v) is 10.1. The summed E-state index contributed by atoms with van der Waals surface area (Å²) >= 11 is 12.3. The Hall–Kier alpha value is -1.62. The number of nitrogens with one attached hydrogen (secondary N) is 1. The SMILES string of the molecule is CC(=O)[C@@](C#N)(CC(=O)N[C@@H]1CCS(=O)(=O)C1)c1c(Cl)cccc1Cl. The summed E-state index contributed by atoms with van der Waals surface area (Å²) in [5.41, 5.74) is -1.75. The van der Waals surface area contributed by atoms with E-state index in [4.69, 9.17) is 23.2 Å². The van der Waals surface area contributed by atoms with Gasteiger partial charge in [-0.2, -0.15) is 5.26 Å². The number of Topliss-reactive ketones (excluding diaryl/α,β-unsaturated/α-hetero) is 1. The van der Waals surface area contributed by atoms with E-state index in [0.29, 0.717) is 6.42 Å². The van der Waals surface area contributed by atoms with E-state index in [2.05, 4.69) is 5.32 Å². The predicted molar refractivity (Wildman–Crippen MR) is 94.3 cm³/mol. The second-order valence-corrected chi connectivity index (χ2v) is 9.06. The van der Waals surface area contributed by atoms with Crippen molar-refractivity contribution in [3.63, 3.8) is 0 Å². The van der Waals surface area contributed by atoms with Gasteiger partial charge >= 0.3 is 0 Å². The minimum absolute atomic E-state index is 0.00435. The number of halogens is 2. The van der Waals surface area contributed by atoms with Crippen LogP contribution in [0.15, 0.2) is 18.2 Å². The van der Waals surface area contributed by atoms with E-state index in [1.807, 2.05) is 6.07 Å². The summed E-state index contributed by atoms with van der Waals surface area (Å²) in [6, 6.07) is 5.90. The van der Waals surface area contributed by atoms with Gasteiger partial charge in [0.25, 0.3) is 0 Å². The third-order valence-corrected chi connectivity index (χ3v) is 6.60. The lowest BCUT2D eigenvalue weighted by Crippen LogP contribution is -2.43. The van der Waals surface area contributed by atoms with Crippen LogP contribution in [0, 0.1) is 11.3 Å². The van der Waals surface area contributed by atoms with Crippen molar-refractivity contribution in [1.29, 1.82) is 5.26 Å². The molecule has 1 aliphatic heterocycles. The molecular formula is C16H16Cl2N2O4S. The van der Waals surface area contributed by atoms with Gasteiger partial charge in [0.05, 0.1) is 24.0 Å². The molecule has 0 spiro atoms. The molecule has 0 unspecified atom stereocenters. The average molecular weight is 403 g/mol. The Morgan fingerprint density at radius 1 is 1.36 bits per heavy atom. The first-order chi connectivity index (χ1) is 11.6. The van der Waals surface area contributed by atoms with E-state index < -0.39 is 39.4 Å². The molecule has 2 rings (SSSR count). The Labute approximate surface area is 156 Å². The molecule has 25 heavy (non-hydrogen) atoms. The van der Waals surface area contributed by atoms with Crippen LogP contribution in [0.25, 0.3) is 0 Å². The summed E-state index contributed by atoms with van der Waals surface area (Å²) in [5.74, 6) is -1.32. The second-order valence-electron chi connectivity index (χ2n) is 6.01. The number of ketones is 1. The normalized spacial score (nSPS) is 21.1. The number of hydrogen-bond acceptors (Lipinski definition) is 5. The molecule has 0 bridgehead atoms. The van der Waals surface area contributed by atoms with E-state index in [1.165, 1.54) is 19.1 Å². The Morgan fingerprint density at radius 3 is 2.40 bits per heavy atom. The molecule has 0 radical (unpaired) electrons. The van der Waals surface area contributed by atoms with E-state index >= 15 is 0 Å². The summed E-state index contributed by atoms with van der Waals surface area (Å²) in [4.78, 5) is 24.7. The number of benzene rings is 1. The van der Waals surface area contributed by atoms with Crippen LogP contribution in [-0.4, -0.2) is 37.7 Å². The van der Waals surface area contributed by atoms with E-state index in [0.717, 1.165) is 0 Å². The Bertz CT molecular complexity index is 843. The van der Waals surface area contributed by atoms with Crippen LogP contribution >= 0.6 is 23.2 Å². The zero-order chi connectivity index (χ0) is 18.8. The molecule has 9 heteroatoms. The van der Waals surface area contributed by atoms with E-state index in [-0.39, 0.29) is 27.1 Å². The molecule has 0 aromatic heterocycles. The van der Waals surface area contributed by atoms with Gasteiger partial charge in [0, 0.05) is 21.7 Å². The molecule has 1 amide bonds. The zero-order valence-corrected chi connectivity index (χ0v) is 15.7. The molecule has 1 saturated heterocycles. The molecule has 6 nitrogen and oxygen atoms in total. The number of nitrogens with zero attached hydrogens (tertiary/aromatic N) is 1. The maximum Gasteiger partial charge on any atom is 0.222 e. The number of hydrogen-bond donors (Lipinski definition) is 1. The van der Waals surface area contributed by atoms with Gasteiger partial charge in [-0.25, -0.2) is 8.42 Å². The molecule has 0 saturated carbocycles. The Kier molecular flexibility index (Phi) is 5.77. The van der Waals surface area contributed by atoms with Crippen LogP contribution in [0.1, 0.15) is 25.3 Å². The van der Waals surface area contributed by atoms with Crippen molar-refractivity contribution >= 4 is 44.7 Å². The average Bonchev–Trinajstić information content (AvgIpc) is 2.84. The van der Waals surface area contributed by atoms with Crippen LogP contribution in [0.4, 0.5) is 0 Å². The summed E-state index contributed by atoms with van der Waals surface area (Å²) in [6.07, 6.45) is -0.181. The smallest absolute Gasteiger partial charge is 0.222 e. The van der Waals surface area contributed by atoms with Gasteiger partial charge in [-0.1, -0.05) is 29.3 Å². The highest BCUT2D eigenvalue weighted by atomic mass is 35.5. The second kappa shape index (κ2) is 7.32. The minimum Gasteiger partial charge on any atom is -0.352 e. The first-order valence-electron chi connectivity index (χ1n) is 7.48.